The van der Waals surface area contributed by atoms with Crippen molar-refractivity contribution in [2.45, 2.75) is 57.0 Å². The number of halogens is 3. The molecule has 0 aliphatic carbocycles. The molecule has 1 aromatic carbocycles. The van der Waals surface area contributed by atoms with Crippen molar-refractivity contribution >= 4 is 27.4 Å². The Kier molecular flexibility index (Phi) is 7.40. The van der Waals surface area contributed by atoms with E-state index in [1.165, 1.54) is 11.9 Å². The predicted octanol–water partition coefficient (Wildman–Crippen LogP) is 5.00. The lowest BCUT2D eigenvalue weighted by Crippen LogP contribution is -2.38. The maximum Gasteiger partial charge on any atom is 0.393 e. The normalized spacial score (nSPS) is 18.7. The number of anilines is 1. The van der Waals surface area contributed by atoms with Crippen LogP contribution in [0.1, 0.15) is 36.1 Å². The van der Waals surface area contributed by atoms with Gasteiger partial charge in [0.05, 0.1) is 11.8 Å². The Morgan fingerprint density at radius 1 is 1.09 bits per heavy atom. The van der Waals surface area contributed by atoms with Gasteiger partial charge in [0, 0.05) is 30.6 Å². The van der Waals surface area contributed by atoms with E-state index in [1.807, 2.05) is 6.07 Å². The van der Waals surface area contributed by atoms with Crippen LogP contribution in [0.15, 0.2) is 36.7 Å². The number of hydrogen-bond acceptors (Lipinski definition) is 7. The molecule has 10 heteroatoms. The molecule has 0 bridgehead atoms. The monoisotopic (exact) mass is 505 g/mol. The van der Waals surface area contributed by atoms with Crippen LogP contribution in [0.2, 0.25) is 0 Å². The second-order valence-corrected chi connectivity index (χ2v) is 10.5. The summed E-state index contributed by atoms with van der Waals surface area (Å²) in [5, 5.41) is 7.50. The first-order valence-corrected chi connectivity index (χ1v) is 13.0. The SMILES string of the molecule is FC(F)(F)Cc1cc2c(NC3CCN(Cc4cccc(OC5CCNCC5)c4)CC3)ncnc2s1. The van der Waals surface area contributed by atoms with E-state index >= 15 is 0 Å². The van der Waals surface area contributed by atoms with E-state index < -0.39 is 12.6 Å². The lowest BCUT2D eigenvalue weighted by Gasteiger charge is -2.32. The third-order valence-corrected chi connectivity index (χ3v) is 7.62. The smallest absolute Gasteiger partial charge is 0.393 e. The Morgan fingerprint density at radius 2 is 1.89 bits per heavy atom. The highest BCUT2D eigenvalue weighted by Crippen LogP contribution is 2.33. The van der Waals surface area contributed by atoms with E-state index in [0.29, 0.717) is 16.0 Å². The van der Waals surface area contributed by atoms with Gasteiger partial charge in [0.25, 0.3) is 0 Å². The summed E-state index contributed by atoms with van der Waals surface area (Å²) in [6.07, 6.45) is 0.508. The number of nitrogens with zero attached hydrogens (tertiary/aromatic N) is 3. The zero-order chi connectivity index (χ0) is 24.3. The summed E-state index contributed by atoms with van der Waals surface area (Å²) in [6, 6.07) is 10.2. The number of alkyl halides is 3. The van der Waals surface area contributed by atoms with Crippen molar-refractivity contribution in [1.82, 2.24) is 20.2 Å². The van der Waals surface area contributed by atoms with Crippen molar-refractivity contribution in [3.05, 3.63) is 47.1 Å². The second-order valence-electron chi connectivity index (χ2n) is 9.36. The number of likely N-dealkylation sites (tertiary alicyclic amines) is 1. The van der Waals surface area contributed by atoms with E-state index in [1.54, 1.807) is 6.07 Å². The van der Waals surface area contributed by atoms with Gasteiger partial charge < -0.3 is 15.4 Å². The summed E-state index contributed by atoms with van der Waals surface area (Å²) in [5.41, 5.74) is 1.25. The standard InChI is InChI=1S/C25H30F3N5OS/c26-25(27,28)14-21-13-22-23(30-16-31-24(22)35-21)32-18-6-10-33(11-7-18)15-17-2-1-3-20(12-17)34-19-4-8-29-9-5-19/h1-3,12-13,16,18-19,29H,4-11,14-15H2,(H,30,31,32). The fourth-order valence-electron chi connectivity index (χ4n) is 4.82. The molecule has 5 rings (SSSR count). The molecule has 2 aromatic heterocycles. The Morgan fingerprint density at radius 3 is 2.66 bits per heavy atom. The number of ether oxygens (including phenoxy) is 1. The maximum atomic E-state index is 12.8. The van der Waals surface area contributed by atoms with Crippen molar-refractivity contribution in [3.8, 4) is 5.75 Å². The summed E-state index contributed by atoms with van der Waals surface area (Å²) in [4.78, 5) is 11.8. The minimum atomic E-state index is -4.23. The summed E-state index contributed by atoms with van der Waals surface area (Å²) in [5.74, 6) is 1.57. The first-order valence-electron chi connectivity index (χ1n) is 12.2. The number of thiophene rings is 1. The highest BCUT2D eigenvalue weighted by Gasteiger charge is 2.29. The molecule has 2 fully saturated rings. The molecule has 2 aliphatic rings. The van der Waals surface area contributed by atoms with Gasteiger partial charge in [0.1, 0.15) is 28.8 Å². The molecule has 188 valence electrons. The third-order valence-electron chi connectivity index (χ3n) is 6.58. The number of aromatic nitrogens is 2. The lowest BCUT2D eigenvalue weighted by molar-refractivity contribution is -0.126. The molecule has 2 aliphatic heterocycles. The third kappa shape index (κ3) is 6.62. The summed E-state index contributed by atoms with van der Waals surface area (Å²) < 4.78 is 44.6. The van der Waals surface area contributed by atoms with E-state index in [9.17, 15) is 13.2 Å². The van der Waals surface area contributed by atoms with Gasteiger partial charge in [-0.15, -0.1) is 11.3 Å². The van der Waals surface area contributed by atoms with Crippen LogP contribution in [0.5, 0.6) is 5.75 Å². The van der Waals surface area contributed by atoms with E-state index in [2.05, 4.69) is 43.7 Å². The molecular formula is C25H30F3N5OS. The fourth-order valence-corrected chi connectivity index (χ4v) is 5.84. The molecule has 0 unspecified atom stereocenters. The van der Waals surface area contributed by atoms with Crippen LogP contribution in [0.3, 0.4) is 0 Å². The highest BCUT2D eigenvalue weighted by atomic mass is 32.1. The molecule has 3 aromatic rings. The van der Waals surface area contributed by atoms with Crippen LogP contribution < -0.4 is 15.4 Å². The summed E-state index contributed by atoms with van der Waals surface area (Å²) in [6.45, 7) is 4.77. The number of nitrogens with one attached hydrogen (secondary N) is 2. The van der Waals surface area contributed by atoms with Crippen LogP contribution in [-0.2, 0) is 13.0 Å². The zero-order valence-electron chi connectivity index (χ0n) is 19.5. The Balaban J connectivity index is 1.15. The van der Waals surface area contributed by atoms with Crippen LogP contribution in [0.25, 0.3) is 10.2 Å². The first kappa shape index (κ1) is 24.3. The van der Waals surface area contributed by atoms with Crippen LogP contribution in [0, 0.1) is 0 Å². The molecule has 0 amide bonds. The van der Waals surface area contributed by atoms with Crippen molar-refractivity contribution in [1.29, 1.82) is 0 Å². The Labute approximate surface area is 206 Å². The number of hydrogen-bond donors (Lipinski definition) is 2. The van der Waals surface area contributed by atoms with Gasteiger partial charge in [-0.1, -0.05) is 12.1 Å². The molecule has 2 saturated heterocycles. The van der Waals surface area contributed by atoms with E-state index in [4.69, 9.17) is 4.74 Å². The first-order chi connectivity index (χ1) is 16.9. The van der Waals surface area contributed by atoms with Gasteiger partial charge in [0.2, 0.25) is 0 Å². The van der Waals surface area contributed by atoms with Crippen molar-refractivity contribution < 1.29 is 17.9 Å². The topological polar surface area (TPSA) is 62.3 Å². The highest BCUT2D eigenvalue weighted by molar-refractivity contribution is 7.18. The van der Waals surface area contributed by atoms with Gasteiger partial charge in [0.15, 0.2) is 0 Å². The maximum absolute atomic E-state index is 12.8. The van der Waals surface area contributed by atoms with Crippen LogP contribution in [0.4, 0.5) is 19.0 Å². The number of fused-ring (bicyclic) bond motifs is 1. The number of piperidine rings is 2. The van der Waals surface area contributed by atoms with Gasteiger partial charge in [-0.2, -0.15) is 13.2 Å². The summed E-state index contributed by atoms with van der Waals surface area (Å²) in [7, 11) is 0. The van der Waals surface area contributed by atoms with E-state index in [0.717, 1.165) is 75.5 Å². The molecular weight excluding hydrogens is 475 g/mol. The van der Waals surface area contributed by atoms with Gasteiger partial charge >= 0.3 is 6.18 Å². The molecule has 0 spiro atoms. The van der Waals surface area contributed by atoms with Crippen molar-refractivity contribution in [2.24, 2.45) is 0 Å². The van der Waals surface area contributed by atoms with Gasteiger partial charge in [-0.25, -0.2) is 9.97 Å². The predicted molar refractivity (Wildman–Crippen MR) is 132 cm³/mol. The summed E-state index contributed by atoms with van der Waals surface area (Å²) >= 11 is 1.08. The minimum absolute atomic E-state index is 0.227. The average Bonchev–Trinajstić information content (AvgIpc) is 3.23. The molecule has 0 saturated carbocycles. The Bertz CT molecular complexity index is 1120. The largest absolute Gasteiger partial charge is 0.490 e. The molecule has 35 heavy (non-hydrogen) atoms. The van der Waals surface area contributed by atoms with Crippen molar-refractivity contribution in [3.63, 3.8) is 0 Å². The fraction of sp³-hybridized carbons (Fsp3) is 0.520. The van der Waals surface area contributed by atoms with Gasteiger partial charge in [-0.3, -0.25) is 4.90 Å². The second kappa shape index (κ2) is 10.7. The van der Waals surface area contributed by atoms with Crippen molar-refractivity contribution in [2.75, 3.05) is 31.5 Å². The van der Waals surface area contributed by atoms with E-state index in [-0.39, 0.29) is 17.0 Å². The number of benzene rings is 1. The zero-order valence-corrected chi connectivity index (χ0v) is 20.3. The molecule has 2 N–H and O–H groups in total. The molecule has 0 radical (unpaired) electrons. The van der Waals surface area contributed by atoms with Crippen LogP contribution in [-0.4, -0.2) is 59.4 Å². The quantitative estimate of drug-likeness (QED) is 0.471. The molecule has 0 atom stereocenters. The van der Waals surface area contributed by atoms with Gasteiger partial charge in [-0.05, 0) is 62.5 Å². The number of rotatable bonds is 7. The lowest BCUT2D eigenvalue weighted by atomic mass is 10.0. The Hall–Kier alpha value is -2.43. The molecule has 4 heterocycles. The average molecular weight is 506 g/mol. The van der Waals surface area contributed by atoms with Crippen LogP contribution >= 0.6 is 11.3 Å². The molecule has 6 nitrogen and oxygen atoms in total. The minimum Gasteiger partial charge on any atom is -0.490 e.